The molecule has 0 aromatic heterocycles. The zero-order valence-corrected chi connectivity index (χ0v) is 13.2. The standard InChI is InChI=1S/C20H21NO2/c1-2-5-19(22)23-14-21-12-18-11-20(18,13-21)17-9-8-15-6-3-4-7-16(15)10-17/h2-4,6-10,18H,1,5,11-14H2/t18-,20+/m1/s1. The molecule has 3 heteroatoms. The smallest absolute Gasteiger partial charge is 0.310 e. The molecule has 2 aromatic rings. The van der Waals surface area contributed by atoms with Gasteiger partial charge in [-0.3, -0.25) is 9.69 Å². The van der Waals surface area contributed by atoms with E-state index in [1.165, 1.54) is 22.8 Å². The molecule has 1 aliphatic carbocycles. The number of esters is 1. The predicted octanol–water partition coefficient (Wildman–Crippen LogP) is 3.49. The Morgan fingerprint density at radius 2 is 2.13 bits per heavy atom. The van der Waals surface area contributed by atoms with Gasteiger partial charge < -0.3 is 4.74 Å². The van der Waals surface area contributed by atoms with Crippen molar-refractivity contribution in [2.24, 2.45) is 5.92 Å². The van der Waals surface area contributed by atoms with Crippen LogP contribution in [0.2, 0.25) is 0 Å². The lowest BCUT2D eigenvalue weighted by Gasteiger charge is -2.21. The van der Waals surface area contributed by atoms with Crippen LogP contribution < -0.4 is 0 Å². The van der Waals surface area contributed by atoms with Crippen molar-refractivity contribution in [2.45, 2.75) is 18.3 Å². The number of nitrogens with zero attached hydrogens (tertiary/aromatic N) is 1. The summed E-state index contributed by atoms with van der Waals surface area (Å²) in [6.45, 7) is 5.97. The zero-order chi connectivity index (χ0) is 15.9. The van der Waals surface area contributed by atoms with Crippen molar-refractivity contribution in [3.8, 4) is 0 Å². The van der Waals surface area contributed by atoms with Crippen molar-refractivity contribution in [2.75, 3.05) is 19.8 Å². The van der Waals surface area contributed by atoms with Gasteiger partial charge in [0.05, 0.1) is 6.42 Å². The van der Waals surface area contributed by atoms with Gasteiger partial charge in [0, 0.05) is 18.5 Å². The fraction of sp³-hybridized carbons (Fsp3) is 0.350. The molecule has 0 amide bonds. The van der Waals surface area contributed by atoms with Crippen LogP contribution >= 0.6 is 0 Å². The molecule has 2 aliphatic rings. The van der Waals surface area contributed by atoms with E-state index in [2.05, 4.69) is 53.9 Å². The van der Waals surface area contributed by atoms with E-state index in [0.29, 0.717) is 12.6 Å². The average molecular weight is 307 g/mol. The first-order valence-electron chi connectivity index (χ1n) is 8.19. The van der Waals surface area contributed by atoms with Gasteiger partial charge in [-0.25, -0.2) is 0 Å². The van der Waals surface area contributed by atoms with Crippen LogP contribution in [0.1, 0.15) is 18.4 Å². The molecule has 1 heterocycles. The highest BCUT2D eigenvalue weighted by molar-refractivity contribution is 5.83. The Kier molecular flexibility index (Phi) is 3.46. The van der Waals surface area contributed by atoms with Gasteiger partial charge in [0.25, 0.3) is 0 Å². The highest BCUT2D eigenvalue weighted by Gasteiger charge is 2.60. The minimum atomic E-state index is -0.194. The van der Waals surface area contributed by atoms with Gasteiger partial charge in [0.15, 0.2) is 0 Å². The number of hydrogen-bond acceptors (Lipinski definition) is 3. The van der Waals surface area contributed by atoms with Crippen molar-refractivity contribution >= 4 is 16.7 Å². The second-order valence-corrected chi connectivity index (χ2v) is 6.77. The summed E-state index contributed by atoms with van der Waals surface area (Å²) >= 11 is 0. The number of likely N-dealkylation sites (tertiary alicyclic amines) is 1. The zero-order valence-electron chi connectivity index (χ0n) is 13.2. The molecule has 118 valence electrons. The lowest BCUT2D eigenvalue weighted by Crippen LogP contribution is -2.30. The molecule has 3 nitrogen and oxygen atoms in total. The van der Waals surface area contributed by atoms with Crippen molar-refractivity contribution in [3.05, 3.63) is 60.7 Å². The Hall–Kier alpha value is -2.13. The summed E-state index contributed by atoms with van der Waals surface area (Å²) in [4.78, 5) is 13.7. The first-order chi connectivity index (χ1) is 11.2. The van der Waals surface area contributed by atoms with E-state index in [9.17, 15) is 4.79 Å². The second-order valence-electron chi connectivity index (χ2n) is 6.77. The highest BCUT2D eigenvalue weighted by Crippen LogP contribution is 2.59. The molecule has 1 saturated carbocycles. The summed E-state index contributed by atoms with van der Waals surface area (Å²) < 4.78 is 5.30. The Morgan fingerprint density at radius 1 is 1.30 bits per heavy atom. The Labute approximate surface area is 136 Å². The fourth-order valence-electron chi connectivity index (χ4n) is 3.97. The molecular formula is C20H21NO2. The van der Waals surface area contributed by atoms with Crippen LogP contribution in [0, 0.1) is 5.92 Å². The number of fused-ring (bicyclic) bond motifs is 2. The van der Waals surface area contributed by atoms with E-state index in [1.54, 1.807) is 6.08 Å². The van der Waals surface area contributed by atoms with Gasteiger partial charge in [-0.1, -0.05) is 48.5 Å². The van der Waals surface area contributed by atoms with Gasteiger partial charge in [-0.15, -0.1) is 6.58 Å². The molecule has 2 aromatic carbocycles. The molecule has 1 saturated heterocycles. The third-order valence-corrected chi connectivity index (χ3v) is 5.26. The molecular weight excluding hydrogens is 286 g/mol. The quantitative estimate of drug-likeness (QED) is 0.625. The predicted molar refractivity (Wildman–Crippen MR) is 91.1 cm³/mol. The van der Waals surface area contributed by atoms with E-state index in [-0.39, 0.29) is 17.8 Å². The van der Waals surface area contributed by atoms with Crippen LogP contribution in [0.3, 0.4) is 0 Å². The summed E-state index contributed by atoms with van der Waals surface area (Å²) in [5.74, 6) is 0.502. The molecule has 2 atom stereocenters. The van der Waals surface area contributed by atoms with Crippen LogP contribution in [0.25, 0.3) is 10.8 Å². The van der Waals surface area contributed by atoms with Crippen molar-refractivity contribution in [3.63, 3.8) is 0 Å². The van der Waals surface area contributed by atoms with Crippen LogP contribution in [-0.2, 0) is 14.9 Å². The SMILES string of the molecule is C=CCC(=O)OCN1C[C@H]2C[C@@]2(c2ccc3ccccc3c2)C1. The summed E-state index contributed by atoms with van der Waals surface area (Å²) in [5, 5.41) is 2.60. The molecule has 0 unspecified atom stereocenters. The van der Waals surface area contributed by atoms with E-state index in [0.717, 1.165) is 13.1 Å². The lowest BCUT2D eigenvalue weighted by molar-refractivity contribution is -0.147. The number of rotatable bonds is 5. The fourth-order valence-corrected chi connectivity index (χ4v) is 3.97. The Morgan fingerprint density at radius 3 is 2.96 bits per heavy atom. The van der Waals surface area contributed by atoms with Crippen LogP contribution in [0.4, 0.5) is 0 Å². The number of benzene rings is 2. The molecule has 23 heavy (non-hydrogen) atoms. The second kappa shape index (κ2) is 5.50. The summed E-state index contributed by atoms with van der Waals surface area (Å²) in [7, 11) is 0. The summed E-state index contributed by atoms with van der Waals surface area (Å²) in [5.41, 5.74) is 1.70. The van der Waals surface area contributed by atoms with E-state index in [1.807, 2.05) is 0 Å². The Bertz CT molecular complexity index is 769. The number of carbonyl (C=O) groups excluding carboxylic acids is 1. The van der Waals surface area contributed by atoms with Crippen LogP contribution in [0.15, 0.2) is 55.1 Å². The number of ether oxygens (including phenoxy) is 1. The lowest BCUT2D eigenvalue weighted by atomic mass is 9.93. The topological polar surface area (TPSA) is 29.5 Å². The largest absolute Gasteiger partial charge is 0.449 e. The van der Waals surface area contributed by atoms with Gasteiger partial charge in [-0.2, -0.15) is 0 Å². The first kappa shape index (κ1) is 14.5. The molecule has 0 radical (unpaired) electrons. The Balaban J connectivity index is 1.47. The van der Waals surface area contributed by atoms with E-state index < -0.39 is 0 Å². The summed E-state index contributed by atoms with van der Waals surface area (Å²) in [6.07, 6.45) is 3.12. The summed E-state index contributed by atoms with van der Waals surface area (Å²) in [6, 6.07) is 15.3. The van der Waals surface area contributed by atoms with E-state index >= 15 is 0 Å². The van der Waals surface area contributed by atoms with Gasteiger partial charge in [0.1, 0.15) is 6.73 Å². The maximum Gasteiger partial charge on any atom is 0.310 e. The molecule has 0 N–H and O–H groups in total. The van der Waals surface area contributed by atoms with Gasteiger partial charge in [0.2, 0.25) is 0 Å². The van der Waals surface area contributed by atoms with Crippen molar-refractivity contribution in [1.82, 2.24) is 4.90 Å². The molecule has 0 spiro atoms. The molecule has 1 aliphatic heterocycles. The normalized spacial score (nSPS) is 26.0. The number of piperidine rings is 1. The molecule has 4 rings (SSSR count). The molecule has 0 bridgehead atoms. The minimum absolute atomic E-state index is 0.194. The number of hydrogen-bond donors (Lipinski definition) is 0. The maximum atomic E-state index is 11.5. The minimum Gasteiger partial charge on any atom is -0.449 e. The van der Waals surface area contributed by atoms with Crippen LogP contribution in [-0.4, -0.2) is 30.7 Å². The third-order valence-electron chi connectivity index (χ3n) is 5.26. The van der Waals surface area contributed by atoms with Gasteiger partial charge >= 0.3 is 5.97 Å². The van der Waals surface area contributed by atoms with E-state index in [4.69, 9.17) is 4.74 Å². The third kappa shape index (κ3) is 2.55. The van der Waals surface area contributed by atoms with Crippen LogP contribution in [0.5, 0.6) is 0 Å². The van der Waals surface area contributed by atoms with Gasteiger partial charge in [-0.05, 0) is 28.7 Å². The molecule has 2 fully saturated rings. The van der Waals surface area contributed by atoms with Crippen molar-refractivity contribution < 1.29 is 9.53 Å². The average Bonchev–Trinajstić information content (AvgIpc) is 3.15. The number of carbonyl (C=O) groups is 1. The highest BCUT2D eigenvalue weighted by atomic mass is 16.5. The monoisotopic (exact) mass is 307 g/mol. The first-order valence-corrected chi connectivity index (χ1v) is 8.19. The maximum absolute atomic E-state index is 11.5. The van der Waals surface area contributed by atoms with Crippen molar-refractivity contribution in [1.29, 1.82) is 0 Å².